The third kappa shape index (κ3) is 5.24. The zero-order chi connectivity index (χ0) is 20.8. The van der Waals surface area contributed by atoms with Gasteiger partial charge < -0.3 is 14.2 Å². The highest BCUT2D eigenvalue weighted by atomic mass is 16.7. The highest BCUT2D eigenvalue weighted by Crippen LogP contribution is 2.32. The van der Waals surface area contributed by atoms with Crippen LogP contribution in [0.15, 0.2) is 42.5 Å². The molecule has 0 aromatic heterocycles. The van der Waals surface area contributed by atoms with Crippen molar-refractivity contribution in [2.24, 2.45) is 0 Å². The summed E-state index contributed by atoms with van der Waals surface area (Å²) >= 11 is 0. The molecule has 0 heterocycles. The second kappa shape index (κ2) is 8.58. The van der Waals surface area contributed by atoms with Gasteiger partial charge in [-0.2, -0.15) is 0 Å². The molecule has 0 aliphatic carbocycles. The van der Waals surface area contributed by atoms with E-state index >= 15 is 0 Å². The molecule has 28 heavy (non-hydrogen) atoms. The third-order valence-corrected chi connectivity index (χ3v) is 3.43. The molecule has 1 atom stereocenters. The van der Waals surface area contributed by atoms with Crippen molar-refractivity contribution in [1.82, 2.24) is 0 Å². The van der Waals surface area contributed by atoms with Crippen LogP contribution in [0, 0.1) is 20.2 Å². The summed E-state index contributed by atoms with van der Waals surface area (Å²) in [4.78, 5) is 43.5. The lowest BCUT2D eigenvalue weighted by molar-refractivity contribution is -0.385. The molecular formula is C17H14N2O9. The van der Waals surface area contributed by atoms with Gasteiger partial charge in [0.25, 0.3) is 11.4 Å². The fourth-order valence-electron chi connectivity index (χ4n) is 2.22. The van der Waals surface area contributed by atoms with Crippen molar-refractivity contribution in [2.75, 3.05) is 0 Å². The molecule has 2 rings (SSSR count). The third-order valence-electron chi connectivity index (χ3n) is 3.43. The van der Waals surface area contributed by atoms with E-state index in [0.29, 0.717) is 0 Å². The molecule has 1 unspecified atom stereocenters. The van der Waals surface area contributed by atoms with Gasteiger partial charge in [0.2, 0.25) is 0 Å². The number of hydrogen-bond acceptors (Lipinski definition) is 9. The van der Waals surface area contributed by atoms with Crippen molar-refractivity contribution in [3.63, 3.8) is 0 Å². The smallest absolute Gasteiger partial charge is 0.458 e. The predicted molar refractivity (Wildman–Crippen MR) is 93.0 cm³/mol. The molecule has 0 spiro atoms. The minimum absolute atomic E-state index is 0.00732. The van der Waals surface area contributed by atoms with Crippen LogP contribution in [-0.4, -0.2) is 22.0 Å². The van der Waals surface area contributed by atoms with Crippen LogP contribution in [0.4, 0.5) is 16.2 Å². The second-order valence-electron chi connectivity index (χ2n) is 5.44. The molecule has 146 valence electrons. The molecular weight excluding hydrogens is 376 g/mol. The number of nitro groups is 2. The summed E-state index contributed by atoms with van der Waals surface area (Å²) in [7, 11) is 0. The summed E-state index contributed by atoms with van der Waals surface area (Å²) in [5, 5.41) is 21.6. The Morgan fingerprint density at radius 3 is 2.04 bits per heavy atom. The molecule has 0 amide bonds. The summed E-state index contributed by atoms with van der Waals surface area (Å²) in [6.07, 6.45) is -2.11. The number of nitrogens with zero attached hydrogens (tertiary/aromatic N) is 2. The van der Waals surface area contributed by atoms with E-state index in [9.17, 15) is 29.8 Å². The maximum absolute atomic E-state index is 12.0. The molecule has 0 fully saturated rings. The van der Waals surface area contributed by atoms with Crippen LogP contribution in [0.5, 0.6) is 11.5 Å². The maximum Gasteiger partial charge on any atom is 0.519 e. The van der Waals surface area contributed by atoms with E-state index < -0.39 is 28.1 Å². The Morgan fingerprint density at radius 2 is 1.50 bits per heavy atom. The molecule has 0 saturated carbocycles. The van der Waals surface area contributed by atoms with E-state index in [-0.39, 0.29) is 28.4 Å². The Kier molecular flexibility index (Phi) is 6.22. The van der Waals surface area contributed by atoms with Gasteiger partial charge in [-0.15, -0.1) is 0 Å². The zero-order valence-electron chi connectivity index (χ0n) is 14.7. The lowest BCUT2D eigenvalue weighted by Crippen LogP contribution is -2.16. The highest BCUT2D eigenvalue weighted by Gasteiger charge is 2.21. The molecule has 2 aromatic carbocycles. The van der Waals surface area contributed by atoms with Crippen LogP contribution < -0.4 is 9.47 Å². The van der Waals surface area contributed by atoms with Gasteiger partial charge in [0.05, 0.1) is 9.85 Å². The number of hydrogen-bond donors (Lipinski definition) is 0. The Labute approximate surface area is 157 Å². The Morgan fingerprint density at radius 1 is 0.929 bits per heavy atom. The minimum atomic E-state index is -1.18. The first-order valence-electron chi connectivity index (χ1n) is 7.77. The van der Waals surface area contributed by atoms with Crippen molar-refractivity contribution < 1.29 is 33.6 Å². The van der Waals surface area contributed by atoms with Crippen LogP contribution >= 0.6 is 0 Å². The van der Waals surface area contributed by atoms with Crippen LogP contribution in [0.3, 0.4) is 0 Å². The second-order valence-corrected chi connectivity index (χ2v) is 5.44. The Bertz CT molecular complexity index is 925. The summed E-state index contributed by atoms with van der Waals surface area (Å²) in [5.41, 5.74) is -0.385. The number of nitro benzene ring substituents is 2. The van der Waals surface area contributed by atoms with Crippen LogP contribution in [0.1, 0.15) is 25.5 Å². The molecule has 11 heteroatoms. The van der Waals surface area contributed by atoms with E-state index in [1.165, 1.54) is 25.1 Å². The van der Waals surface area contributed by atoms with Gasteiger partial charge in [-0.3, -0.25) is 25.0 Å². The first kappa shape index (κ1) is 20.3. The number of carbonyl (C=O) groups is 2. The van der Waals surface area contributed by atoms with Gasteiger partial charge >= 0.3 is 12.1 Å². The van der Waals surface area contributed by atoms with Crippen molar-refractivity contribution in [3.05, 3.63) is 68.3 Å². The lowest BCUT2D eigenvalue weighted by Gasteiger charge is -2.16. The SMILES string of the molecule is CC(=O)OC(C)c1cc([N+](=O)[O-])ccc1OC(=O)Oc1ccc([N+](=O)[O-])cc1. The van der Waals surface area contributed by atoms with Gasteiger partial charge in [0.15, 0.2) is 0 Å². The molecule has 0 aliphatic rings. The van der Waals surface area contributed by atoms with Gasteiger partial charge in [0.1, 0.15) is 17.6 Å². The van der Waals surface area contributed by atoms with E-state index in [1.54, 1.807) is 0 Å². The van der Waals surface area contributed by atoms with E-state index in [2.05, 4.69) is 0 Å². The Balaban J connectivity index is 2.21. The summed E-state index contributed by atoms with van der Waals surface area (Å²) in [5.74, 6) is -0.739. The Hall–Kier alpha value is -4.02. The van der Waals surface area contributed by atoms with Gasteiger partial charge in [0, 0.05) is 36.8 Å². The largest absolute Gasteiger partial charge is 0.519 e. The van der Waals surface area contributed by atoms with Crippen LogP contribution in [0.25, 0.3) is 0 Å². The predicted octanol–water partition coefficient (Wildman–Crippen LogP) is 3.70. The van der Waals surface area contributed by atoms with Gasteiger partial charge in [-0.1, -0.05) is 0 Å². The fraction of sp³-hybridized carbons (Fsp3) is 0.176. The first-order valence-corrected chi connectivity index (χ1v) is 7.77. The number of carbonyl (C=O) groups excluding carboxylic acids is 2. The monoisotopic (exact) mass is 390 g/mol. The number of esters is 1. The molecule has 2 aromatic rings. The standard InChI is InChI=1S/C17H14N2O9/c1-10(26-11(2)20)15-9-13(19(24)25)5-8-16(15)28-17(21)27-14-6-3-12(4-7-14)18(22)23/h3-10H,1-2H3. The normalized spacial score (nSPS) is 11.2. The number of benzene rings is 2. The maximum atomic E-state index is 12.0. The molecule has 11 nitrogen and oxygen atoms in total. The summed E-state index contributed by atoms with van der Waals surface area (Å²) in [6.45, 7) is 2.62. The number of ether oxygens (including phenoxy) is 3. The summed E-state index contributed by atoms with van der Waals surface area (Å²) < 4.78 is 15.0. The lowest BCUT2D eigenvalue weighted by atomic mass is 10.1. The van der Waals surface area contributed by atoms with Crippen LogP contribution in [0.2, 0.25) is 0 Å². The van der Waals surface area contributed by atoms with Crippen molar-refractivity contribution in [3.8, 4) is 11.5 Å². The fourth-order valence-corrected chi connectivity index (χ4v) is 2.22. The quantitative estimate of drug-likeness (QED) is 0.311. The number of non-ortho nitro benzene ring substituents is 2. The van der Waals surface area contributed by atoms with E-state index in [1.807, 2.05) is 0 Å². The molecule has 0 saturated heterocycles. The van der Waals surface area contributed by atoms with Gasteiger partial charge in [-0.05, 0) is 25.1 Å². The highest BCUT2D eigenvalue weighted by molar-refractivity contribution is 5.69. The number of rotatable bonds is 6. The van der Waals surface area contributed by atoms with E-state index in [4.69, 9.17) is 14.2 Å². The van der Waals surface area contributed by atoms with Crippen molar-refractivity contribution in [2.45, 2.75) is 20.0 Å². The van der Waals surface area contributed by atoms with Gasteiger partial charge in [-0.25, -0.2) is 4.79 Å². The van der Waals surface area contributed by atoms with Crippen molar-refractivity contribution in [1.29, 1.82) is 0 Å². The minimum Gasteiger partial charge on any atom is -0.458 e. The molecule has 0 bridgehead atoms. The average molecular weight is 390 g/mol. The molecule has 0 radical (unpaired) electrons. The van der Waals surface area contributed by atoms with Crippen molar-refractivity contribution >= 4 is 23.5 Å². The molecule has 0 aliphatic heterocycles. The summed E-state index contributed by atoms with van der Waals surface area (Å²) in [6, 6.07) is 8.09. The van der Waals surface area contributed by atoms with Crippen LogP contribution in [-0.2, 0) is 9.53 Å². The average Bonchev–Trinajstić information content (AvgIpc) is 2.61. The van der Waals surface area contributed by atoms with E-state index in [0.717, 1.165) is 31.2 Å². The zero-order valence-corrected chi connectivity index (χ0v) is 14.7. The molecule has 0 N–H and O–H groups in total. The first-order chi connectivity index (χ1) is 13.2. The topological polar surface area (TPSA) is 148 Å².